The molecule has 1 fully saturated rings. The highest BCUT2D eigenvalue weighted by Crippen LogP contribution is 2.41. The lowest BCUT2D eigenvalue weighted by Gasteiger charge is -2.22. The summed E-state index contributed by atoms with van der Waals surface area (Å²) >= 11 is 0. The van der Waals surface area contributed by atoms with Gasteiger partial charge in [0.15, 0.2) is 5.82 Å². The van der Waals surface area contributed by atoms with Crippen molar-refractivity contribution in [3.05, 3.63) is 89.2 Å². The summed E-state index contributed by atoms with van der Waals surface area (Å²) in [5, 5.41) is 14.7. The Bertz CT molecular complexity index is 1040. The zero-order valence-electron chi connectivity index (χ0n) is 14.5. The molecule has 1 aromatic heterocycles. The van der Waals surface area contributed by atoms with Gasteiger partial charge in [-0.2, -0.15) is 0 Å². The molecule has 1 amide bonds. The molecule has 0 saturated carbocycles. The molecule has 27 heavy (non-hydrogen) atoms. The van der Waals surface area contributed by atoms with E-state index < -0.39 is 17.7 Å². The van der Waals surface area contributed by atoms with E-state index in [2.05, 4.69) is 5.16 Å². The summed E-state index contributed by atoms with van der Waals surface area (Å²) in [6, 6.07) is 18.5. The van der Waals surface area contributed by atoms with E-state index in [1.165, 1.54) is 4.90 Å². The van der Waals surface area contributed by atoms with Crippen molar-refractivity contribution in [3.8, 4) is 0 Å². The zero-order chi connectivity index (χ0) is 19.0. The lowest BCUT2D eigenvalue weighted by atomic mass is 9.95. The third-order valence-electron chi connectivity index (χ3n) is 4.47. The molecule has 1 aliphatic rings. The number of aliphatic hydroxyl groups excluding tert-OH is 1. The van der Waals surface area contributed by atoms with Gasteiger partial charge in [-0.25, -0.2) is 0 Å². The van der Waals surface area contributed by atoms with Gasteiger partial charge in [-0.1, -0.05) is 65.8 Å². The van der Waals surface area contributed by atoms with Gasteiger partial charge in [-0.05, 0) is 12.5 Å². The summed E-state index contributed by atoms with van der Waals surface area (Å²) in [6.45, 7) is 1.70. The maximum Gasteiger partial charge on any atom is 0.301 e. The molecule has 1 aliphatic heterocycles. The second kappa shape index (κ2) is 6.57. The molecule has 0 aliphatic carbocycles. The van der Waals surface area contributed by atoms with Gasteiger partial charge < -0.3 is 9.63 Å². The molecule has 3 aromatic rings. The minimum Gasteiger partial charge on any atom is -0.507 e. The van der Waals surface area contributed by atoms with E-state index in [4.69, 9.17) is 4.52 Å². The van der Waals surface area contributed by atoms with E-state index in [1.807, 2.05) is 24.3 Å². The first-order valence-corrected chi connectivity index (χ1v) is 8.42. The SMILES string of the molecule is Cc1cc(N2C(=O)C(=O)/C(=C(/O)c3ccccc3)C2c2ccccc2)no1. The molecule has 1 N–H and O–H groups in total. The lowest BCUT2D eigenvalue weighted by Crippen LogP contribution is -2.29. The number of rotatable bonds is 3. The third kappa shape index (κ3) is 2.81. The molecule has 1 unspecified atom stereocenters. The van der Waals surface area contributed by atoms with E-state index in [0.717, 1.165) is 0 Å². The number of carbonyl (C=O) groups is 2. The van der Waals surface area contributed by atoms with E-state index in [-0.39, 0.29) is 17.2 Å². The van der Waals surface area contributed by atoms with Crippen LogP contribution in [0.25, 0.3) is 5.76 Å². The van der Waals surface area contributed by atoms with Crippen LogP contribution in [0.3, 0.4) is 0 Å². The van der Waals surface area contributed by atoms with Gasteiger partial charge in [-0.15, -0.1) is 0 Å². The van der Waals surface area contributed by atoms with E-state index in [0.29, 0.717) is 16.9 Å². The molecular weight excluding hydrogens is 344 g/mol. The van der Waals surface area contributed by atoms with Gasteiger partial charge in [0.05, 0.1) is 11.6 Å². The fourth-order valence-corrected chi connectivity index (χ4v) is 3.24. The second-order valence-electron chi connectivity index (χ2n) is 6.24. The van der Waals surface area contributed by atoms with E-state index in [9.17, 15) is 14.7 Å². The number of benzene rings is 2. The number of aromatic nitrogens is 1. The Morgan fingerprint density at radius 1 is 1.04 bits per heavy atom. The number of aliphatic hydroxyl groups is 1. The van der Waals surface area contributed by atoms with Crippen LogP contribution in [0.15, 0.2) is 76.8 Å². The van der Waals surface area contributed by atoms with Gasteiger partial charge in [0.25, 0.3) is 5.78 Å². The first-order chi connectivity index (χ1) is 13.1. The maximum atomic E-state index is 12.8. The van der Waals surface area contributed by atoms with Crippen LogP contribution >= 0.6 is 0 Å². The molecule has 0 radical (unpaired) electrons. The first-order valence-electron chi connectivity index (χ1n) is 8.42. The number of hydrogen-bond donors (Lipinski definition) is 1. The normalized spacial score (nSPS) is 18.9. The van der Waals surface area contributed by atoms with Crippen molar-refractivity contribution in [1.29, 1.82) is 0 Å². The Morgan fingerprint density at radius 2 is 1.67 bits per heavy atom. The Kier molecular flexibility index (Phi) is 4.08. The van der Waals surface area contributed by atoms with Gasteiger partial charge in [0, 0.05) is 11.6 Å². The van der Waals surface area contributed by atoms with Crippen LogP contribution in [0.1, 0.15) is 22.9 Å². The van der Waals surface area contributed by atoms with Crippen LogP contribution in [0.2, 0.25) is 0 Å². The van der Waals surface area contributed by atoms with Gasteiger partial charge >= 0.3 is 5.91 Å². The van der Waals surface area contributed by atoms with Crippen molar-refractivity contribution in [2.75, 3.05) is 4.90 Å². The monoisotopic (exact) mass is 360 g/mol. The van der Waals surface area contributed by atoms with Crippen molar-refractivity contribution in [3.63, 3.8) is 0 Å². The number of anilines is 1. The van der Waals surface area contributed by atoms with Crippen molar-refractivity contribution >= 4 is 23.3 Å². The van der Waals surface area contributed by atoms with Crippen LogP contribution in [0, 0.1) is 6.92 Å². The highest BCUT2D eigenvalue weighted by atomic mass is 16.5. The molecule has 6 heteroatoms. The van der Waals surface area contributed by atoms with Gasteiger partial charge in [-0.3, -0.25) is 14.5 Å². The molecule has 0 spiro atoms. The molecule has 1 saturated heterocycles. The van der Waals surface area contributed by atoms with Crippen LogP contribution in [-0.2, 0) is 9.59 Å². The standard InChI is InChI=1S/C21H16N2O4/c1-13-12-16(22-27-13)23-18(14-8-4-2-5-9-14)17(20(25)21(23)26)19(24)15-10-6-3-7-11-15/h2-12,18,24H,1H3/b19-17+. The average Bonchev–Trinajstić information content (AvgIpc) is 3.24. The van der Waals surface area contributed by atoms with Crippen LogP contribution < -0.4 is 4.90 Å². The summed E-state index contributed by atoms with van der Waals surface area (Å²) in [4.78, 5) is 26.9. The molecule has 2 aromatic carbocycles. The maximum absolute atomic E-state index is 12.8. The number of amides is 1. The number of carbonyl (C=O) groups excluding carboxylic acids is 2. The highest BCUT2D eigenvalue weighted by molar-refractivity contribution is 6.51. The zero-order valence-corrected chi connectivity index (χ0v) is 14.5. The van der Waals surface area contributed by atoms with Crippen molar-refractivity contribution < 1.29 is 19.2 Å². The first kappa shape index (κ1) is 16.8. The minimum absolute atomic E-state index is 0.0260. The summed E-state index contributed by atoms with van der Waals surface area (Å²) in [5.41, 5.74) is 1.18. The van der Waals surface area contributed by atoms with Crippen LogP contribution in [0.5, 0.6) is 0 Å². The fraction of sp³-hybridized carbons (Fsp3) is 0.0952. The summed E-state index contributed by atoms with van der Waals surface area (Å²) in [6.07, 6.45) is 0. The second-order valence-corrected chi connectivity index (χ2v) is 6.24. The Labute approximate surface area is 155 Å². The van der Waals surface area contributed by atoms with Crippen LogP contribution in [0.4, 0.5) is 5.82 Å². The van der Waals surface area contributed by atoms with E-state index >= 15 is 0 Å². The van der Waals surface area contributed by atoms with Crippen LogP contribution in [-0.4, -0.2) is 22.0 Å². The largest absolute Gasteiger partial charge is 0.507 e. The molecule has 4 rings (SSSR count). The molecular formula is C21H16N2O4. The molecule has 1 atom stereocenters. The number of nitrogens with zero attached hydrogens (tertiary/aromatic N) is 2. The topological polar surface area (TPSA) is 83.6 Å². The summed E-state index contributed by atoms with van der Waals surface area (Å²) < 4.78 is 5.09. The number of ketones is 1. The number of hydrogen-bond acceptors (Lipinski definition) is 5. The predicted molar refractivity (Wildman–Crippen MR) is 98.9 cm³/mol. The Balaban J connectivity index is 1.94. The Hall–Kier alpha value is -3.67. The molecule has 0 bridgehead atoms. The van der Waals surface area contributed by atoms with Crippen molar-refractivity contribution in [1.82, 2.24) is 5.16 Å². The van der Waals surface area contributed by atoms with Gasteiger partial charge in [0.2, 0.25) is 0 Å². The Morgan fingerprint density at radius 3 is 2.26 bits per heavy atom. The molecule has 134 valence electrons. The quantitative estimate of drug-likeness (QED) is 0.438. The average molecular weight is 360 g/mol. The minimum atomic E-state index is -0.795. The fourth-order valence-electron chi connectivity index (χ4n) is 3.24. The van der Waals surface area contributed by atoms with Crippen molar-refractivity contribution in [2.24, 2.45) is 0 Å². The highest BCUT2D eigenvalue weighted by Gasteiger charge is 2.48. The van der Waals surface area contributed by atoms with Crippen molar-refractivity contribution in [2.45, 2.75) is 13.0 Å². The molecule has 2 heterocycles. The summed E-state index contributed by atoms with van der Waals surface area (Å²) in [7, 11) is 0. The lowest BCUT2D eigenvalue weighted by molar-refractivity contribution is -0.132. The predicted octanol–water partition coefficient (Wildman–Crippen LogP) is 3.61. The molecule has 6 nitrogen and oxygen atoms in total. The van der Waals surface area contributed by atoms with Gasteiger partial charge in [0.1, 0.15) is 11.5 Å². The summed E-state index contributed by atoms with van der Waals surface area (Å²) in [5.74, 6) is -0.983. The smallest absolute Gasteiger partial charge is 0.301 e. The van der Waals surface area contributed by atoms with E-state index in [1.54, 1.807) is 49.4 Å². The number of Topliss-reactive ketones (excluding diaryl/α,β-unsaturated/α-hetero) is 1. The number of aryl methyl sites for hydroxylation is 1. The third-order valence-corrected chi connectivity index (χ3v) is 4.47.